The Labute approximate surface area is 117 Å². The molecular weight excluding hydrogens is 283 g/mol. The smallest absolute Gasteiger partial charge is 0.338 e. The second-order valence-corrected chi connectivity index (χ2v) is 4.09. The standard InChI is InChI=1S/C13H9FN2O5/c1-7-4-5-15-12(11(7)16(19)20)21-8-2-3-9(13(17)18)10(14)6-8/h2-6H,1H3,(H,17,18). The van der Waals surface area contributed by atoms with Gasteiger partial charge in [0.25, 0.3) is 5.88 Å². The maximum atomic E-state index is 13.5. The summed E-state index contributed by atoms with van der Waals surface area (Å²) in [4.78, 5) is 24.8. The molecule has 1 aromatic carbocycles. The molecule has 1 heterocycles. The topological polar surface area (TPSA) is 103 Å². The van der Waals surface area contributed by atoms with Crippen LogP contribution in [0, 0.1) is 22.9 Å². The van der Waals surface area contributed by atoms with E-state index in [1.54, 1.807) is 0 Å². The average molecular weight is 292 g/mol. The van der Waals surface area contributed by atoms with Gasteiger partial charge in [-0.25, -0.2) is 14.2 Å². The minimum atomic E-state index is -1.42. The van der Waals surface area contributed by atoms with Gasteiger partial charge in [0.05, 0.1) is 10.5 Å². The lowest BCUT2D eigenvalue weighted by molar-refractivity contribution is -0.386. The number of halogens is 1. The van der Waals surface area contributed by atoms with Crippen molar-refractivity contribution >= 4 is 11.7 Å². The van der Waals surface area contributed by atoms with Gasteiger partial charge in [0.15, 0.2) is 0 Å². The van der Waals surface area contributed by atoms with Crippen LogP contribution in [0.4, 0.5) is 10.1 Å². The molecule has 0 saturated carbocycles. The maximum absolute atomic E-state index is 13.5. The molecule has 0 fully saturated rings. The summed E-state index contributed by atoms with van der Waals surface area (Å²) < 4.78 is 18.7. The van der Waals surface area contributed by atoms with Crippen molar-refractivity contribution in [3.8, 4) is 11.6 Å². The number of nitrogens with zero attached hydrogens (tertiary/aromatic N) is 2. The Kier molecular flexibility index (Phi) is 3.79. The van der Waals surface area contributed by atoms with Crippen LogP contribution in [-0.4, -0.2) is 21.0 Å². The zero-order chi connectivity index (χ0) is 15.6. The molecular formula is C13H9FN2O5. The minimum absolute atomic E-state index is 0.0845. The summed E-state index contributed by atoms with van der Waals surface area (Å²) >= 11 is 0. The molecule has 0 aliphatic rings. The van der Waals surface area contributed by atoms with Crippen molar-refractivity contribution in [1.29, 1.82) is 0 Å². The average Bonchev–Trinajstić information content (AvgIpc) is 2.37. The first-order valence-electron chi connectivity index (χ1n) is 5.71. The fourth-order valence-corrected chi connectivity index (χ4v) is 1.67. The van der Waals surface area contributed by atoms with Gasteiger partial charge in [-0.3, -0.25) is 10.1 Å². The van der Waals surface area contributed by atoms with Crippen molar-refractivity contribution in [3.63, 3.8) is 0 Å². The van der Waals surface area contributed by atoms with Crippen molar-refractivity contribution in [3.05, 3.63) is 57.5 Å². The zero-order valence-corrected chi connectivity index (χ0v) is 10.7. The highest BCUT2D eigenvalue weighted by Crippen LogP contribution is 2.32. The van der Waals surface area contributed by atoms with E-state index in [1.807, 2.05) is 0 Å². The van der Waals surface area contributed by atoms with Crippen LogP contribution in [0.3, 0.4) is 0 Å². The van der Waals surface area contributed by atoms with Crippen molar-refractivity contribution in [2.45, 2.75) is 6.92 Å². The number of pyridine rings is 1. The van der Waals surface area contributed by atoms with E-state index in [1.165, 1.54) is 25.3 Å². The van der Waals surface area contributed by atoms with Gasteiger partial charge in [0, 0.05) is 17.8 Å². The van der Waals surface area contributed by atoms with E-state index in [2.05, 4.69) is 4.98 Å². The first kappa shape index (κ1) is 14.4. The highest BCUT2D eigenvalue weighted by Gasteiger charge is 2.21. The normalized spacial score (nSPS) is 10.2. The first-order valence-corrected chi connectivity index (χ1v) is 5.71. The fraction of sp³-hybridized carbons (Fsp3) is 0.0769. The molecule has 0 bridgehead atoms. The van der Waals surface area contributed by atoms with Gasteiger partial charge in [0.1, 0.15) is 11.6 Å². The molecule has 21 heavy (non-hydrogen) atoms. The number of benzene rings is 1. The van der Waals surface area contributed by atoms with E-state index < -0.39 is 22.3 Å². The molecule has 2 aromatic rings. The van der Waals surface area contributed by atoms with E-state index in [4.69, 9.17) is 9.84 Å². The van der Waals surface area contributed by atoms with Crippen LogP contribution in [0.1, 0.15) is 15.9 Å². The van der Waals surface area contributed by atoms with E-state index in [0.717, 1.165) is 12.1 Å². The third kappa shape index (κ3) is 2.94. The lowest BCUT2D eigenvalue weighted by atomic mass is 10.2. The highest BCUT2D eigenvalue weighted by atomic mass is 19.1. The molecule has 2 rings (SSSR count). The van der Waals surface area contributed by atoms with E-state index >= 15 is 0 Å². The van der Waals surface area contributed by atoms with Gasteiger partial charge in [-0.05, 0) is 25.1 Å². The number of aromatic carboxylic acids is 1. The van der Waals surface area contributed by atoms with Gasteiger partial charge in [-0.1, -0.05) is 0 Å². The van der Waals surface area contributed by atoms with Gasteiger partial charge in [-0.15, -0.1) is 0 Å². The lowest BCUT2D eigenvalue weighted by Gasteiger charge is -2.07. The van der Waals surface area contributed by atoms with Crippen LogP contribution in [-0.2, 0) is 0 Å². The number of aromatic nitrogens is 1. The third-order valence-corrected chi connectivity index (χ3v) is 2.66. The predicted molar refractivity (Wildman–Crippen MR) is 69.1 cm³/mol. The lowest BCUT2D eigenvalue weighted by Crippen LogP contribution is -2.01. The molecule has 0 amide bonds. The fourth-order valence-electron chi connectivity index (χ4n) is 1.67. The molecule has 0 radical (unpaired) electrons. The van der Waals surface area contributed by atoms with Gasteiger partial charge in [-0.2, -0.15) is 0 Å². The number of aryl methyl sites for hydroxylation is 1. The molecule has 0 saturated heterocycles. The number of rotatable bonds is 4. The van der Waals surface area contributed by atoms with Crippen LogP contribution in [0.5, 0.6) is 11.6 Å². The Morgan fingerprint density at radius 1 is 1.43 bits per heavy atom. The highest BCUT2D eigenvalue weighted by molar-refractivity contribution is 5.88. The predicted octanol–water partition coefficient (Wildman–Crippen LogP) is 2.93. The van der Waals surface area contributed by atoms with Gasteiger partial charge < -0.3 is 9.84 Å². The molecule has 0 aliphatic heterocycles. The number of hydrogen-bond acceptors (Lipinski definition) is 5. The van der Waals surface area contributed by atoms with Crippen molar-refractivity contribution in [2.75, 3.05) is 0 Å². The SMILES string of the molecule is Cc1ccnc(Oc2ccc(C(=O)O)c(F)c2)c1[N+](=O)[O-]. The molecule has 0 atom stereocenters. The summed E-state index contributed by atoms with van der Waals surface area (Å²) in [6, 6.07) is 4.48. The summed E-state index contributed by atoms with van der Waals surface area (Å²) in [7, 11) is 0. The Morgan fingerprint density at radius 3 is 2.71 bits per heavy atom. The number of hydrogen-bond donors (Lipinski definition) is 1. The molecule has 0 aliphatic carbocycles. The van der Waals surface area contributed by atoms with Crippen molar-refractivity contribution in [2.24, 2.45) is 0 Å². The monoisotopic (exact) mass is 292 g/mol. The van der Waals surface area contributed by atoms with E-state index in [9.17, 15) is 19.3 Å². The Bertz CT molecular complexity index is 732. The number of ether oxygens (including phenoxy) is 1. The number of carboxylic acid groups (broad SMARTS) is 1. The van der Waals surface area contributed by atoms with Crippen LogP contribution in [0.15, 0.2) is 30.5 Å². The molecule has 0 spiro atoms. The van der Waals surface area contributed by atoms with E-state index in [0.29, 0.717) is 5.56 Å². The van der Waals surface area contributed by atoms with Crippen LogP contribution >= 0.6 is 0 Å². The maximum Gasteiger partial charge on any atom is 0.338 e. The molecule has 1 N–H and O–H groups in total. The second-order valence-electron chi connectivity index (χ2n) is 4.09. The number of carbonyl (C=O) groups is 1. The summed E-state index contributed by atoms with van der Waals surface area (Å²) in [5.74, 6) is -2.80. The molecule has 7 nitrogen and oxygen atoms in total. The molecule has 108 valence electrons. The summed E-state index contributed by atoms with van der Waals surface area (Å²) in [6.07, 6.45) is 1.32. The molecule has 1 aromatic heterocycles. The largest absolute Gasteiger partial charge is 0.478 e. The second kappa shape index (κ2) is 5.53. The summed E-state index contributed by atoms with van der Waals surface area (Å²) in [6.45, 7) is 1.51. The Hall–Kier alpha value is -3.03. The van der Waals surface area contributed by atoms with Gasteiger partial charge >= 0.3 is 11.7 Å². The van der Waals surface area contributed by atoms with Crippen molar-refractivity contribution < 1.29 is 24.0 Å². The van der Waals surface area contributed by atoms with Crippen LogP contribution in [0.25, 0.3) is 0 Å². The van der Waals surface area contributed by atoms with Gasteiger partial charge in [0.2, 0.25) is 0 Å². The minimum Gasteiger partial charge on any atom is -0.478 e. The Balaban J connectivity index is 2.39. The summed E-state index contributed by atoms with van der Waals surface area (Å²) in [5, 5.41) is 19.7. The number of carboxylic acids is 1. The molecule has 0 unspecified atom stereocenters. The zero-order valence-electron chi connectivity index (χ0n) is 10.7. The summed E-state index contributed by atoms with van der Waals surface area (Å²) in [5.41, 5.74) is -0.512. The van der Waals surface area contributed by atoms with Crippen molar-refractivity contribution in [1.82, 2.24) is 4.98 Å². The number of nitro groups is 1. The van der Waals surface area contributed by atoms with Crippen LogP contribution in [0.2, 0.25) is 0 Å². The third-order valence-electron chi connectivity index (χ3n) is 2.66. The quantitative estimate of drug-likeness (QED) is 0.686. The van der Waals surface area contributed by atoms with Crippen LogP contribution < -0.4 is 4.74 Å². The van der Waals surface area contributed by atoms with E-state index in [-0.39, 0.29) is 17.3 Å². The first-order chi connectivity index (χ1) is 9.90. The Morgan fingerprint density at radius 2 is 2.14 bits per heavy atom. The molecule has 8 heteroatoms.